The highest BCUT2D eigenvalue weighted by Gasteiger charge is 2.06. The van der Waals surface area contributed by atoms with Crippen LogP contribution in [0.1, 0.15) is 17.5 Å². The molecule has 0 saturated heterocycles. The van der Waals surface area contributed by atoms with Crippen LogP contribution in [-0.4, -0.2) is 30.6 Å². The Morgan fingerprint density at radius 3 is 2.60 bits per heavy atom. The summed E-state index contributed by atoms with van der Waals surface area (Å²) in [7, 11) is 3.99. The second kappa shape index (κ2) is 5.12. The van der Waals surface area contributed by atoms with Gasteiger partial charge in [-0.25, -0.2) is 4.39 Å². The van der Waals surface area contributed by atoms with E-state index in [1.165, 1.54) is 12.1 Å². The van der Waals surface area contributed by atoms with Gasteiger partial charge in [0.15, 0.2) is 0 Å². The zero-order chi connectivity index (χ0) is 11.4. The summed E-state index contributed by atoms with van der Waals surface area (Å²) in [6.07, 6.45) is 1.63. The number of hydrogen-bond donors (Lipinski definition) is 1. The lowest BCUT2D eigenvalue weighted by Gasteiger charge is -2.11. The lowest BCUT2D eigenvalue weighted by Crippen LogP contribution is -2.13. The Bertz CT molecular complexity index is 337. The van der Waals surface area contributed by atoms with Gasteiger partial charge < -0.3 is 10.0 Å². The van der Waals surface area contributed by atoms with E-state index in [0.717, 1.165) is 13.0 Å². The zero-order valence-electron chi connectivity index (χ0n) is 9.55. The van der Waals surface area contributed by atoms with Gasteiger partial charge in [0.25, 0.3) is 0 Å². The van der Waals surface area contributed by atoms with Crippen molar-refractivity contribution in [3.05, 3.63) is 29.1 Å². The van der Waals surface area contributed by atoms with Crippen molar-refractivity contribution in [1.82, 2.24) is 4.90 Å². The number of rotatable bonds is 4. The van der Waals surface area contributed by atoms with E-state index in [9.17, 15) is 9.50 Å². The highest BCUT2D eigenvalue weighted by molar-refractivity contribution is 5.40. The molecule has 0 spiro atoms. The van der Waals surface area contributed by atoms with Gasteiger partial charge in [-0.05, 0) is 63.7 Å². The van der Waals surface area contributed by atoms with E-state index in [4.69, 9.17) is 0 Å². The molecule has 0 heterocycles. The highest BCUT2D eigenvalue weighted by Crippen LogP contribution is 2.24. The van der Waals surface area contributed by atoms with Crippen molar-refractivity contribution < 1.29 is 9.50 Å². The number of phenols is 1. The first-order valence-electron chi connectivity index (χ1n) is 5.13. The summed E-state index contributed by atoms with van der Waals surface area (Å²) >= 11 is 0. The van der Waals surface area contributed by atoms with Crippen molar-refractivity contribution in [3.8, 4) is 5.75 Å². The molecule has 0 unspecified atom stereocenters. The predicted molar refractivity (Wildman–Crippen MR) is 59.7 cm³/mol. The van der Waals surface area contributed by atoms with Crippen LogP contribution in [-0.2, 0) is 6.42 Å². The Kier molecular flexibility index (Phi) is 4.09. The van der Waals surface area contributed by atoms with E-state index < -0.39 is 0 Å². The van der Waals surface area contributed by atoms with E-state index >= 15 is 0 Å². The lowest BCUT2D eigenvalue weighted by atomic mass is 10.0. The number of hydrogen-bond acceptors (Lipinski definition) is 2. The van der Waals surface area contributed by atoms with Gasteiger partial charge in [-0.1, -0.05) is 0 Å². The fourth-order valence-electron chi connectivity index (χ4n) is 1.58. The first-order valence-corrected chi connectivity index (χ1v) is 5.13. The van der Waals surface area contributed by atoms with E-state index in [2.05, 4.69) is 4.90 Å². The van der Waals surface area contributed by atoms with Crippen LogP contribution in [0, 0.1) is 12.7 Å². The second-order valence-corrected chi connectivity index (χ2v) is 4.14. The molecular weight excluding hydrogens is 193 g/mol. The van der Waals surface area contributed by atoms with Gasteiger partial charge in [0.2, 0.25) is 0 Å². The quantitative estimate of drug-likeness (QED) is 0.826. The summed E-state index contributed by atoms with van der Waals surface area (Å²) in [4.78, 5) is 2.07. The van der Waals surface area contributed by atoms with Crippen LogP contribution in [0.15, 0.2) is 12.1 Å². The van der Waals surface area contributed by atoms with Crippen LogP contribution < -0.4 is 0 Å². The molecule has 0 fully saturated rings. The molecule has 0 aliphatic heterocycles. The second-order valence-electron chi connectivity index (χ2n) is 4.14. The summed E-state index contributed by atoms with van der Waals surface area (Å²) in [6.45, 7) is 2.66. The monoisotopic (exact) mass is 211 g/mol. The molecule has 0 aliphatic carbocycles. The first kappa shape index (κ1) is 12.0. The topological polar surface area (TPSA) is 23.5 Å². The normalized spacial score (nSPS) is 11.0. The third-order valence-corrected chi connectivity index (χ3v) is 2.40. The minimum absolute atomic E-state index is 0.232. The van der Waals surface area contributed by atoms with Gasteiger partial charge in [-0.2, -0.15) is 0 Å². The van der Waals surface area contributed by atoms with E-state index in [-0.39, 0.29) is 11.6 Å². The Morgan fingerprint density at radius 2 is 2.00 bits per heavy atom. The molecule has 15 heavy (non-hydrogen) atoms. The van der Waals surface area contributed by atoms with Crippen molar-refractivity contribution >= 4 is 0 Å². The van der Waals surface area contributed by atoms with Crippen LogP contribution >= 0.6 is 0 Å². The van der Waals surface area contributed by atoms with Crippen LogP contribution in [0.3, 0.4) is 0 Å². The molecule has 0 bridgehead atoms. The molecule has 0 radical (unpaired) electrons. The summed E-state index contributed by atoms with van der Waals surface area (Å²) < 4.78 is 13.1. The van der Waals surface area contributed by atoms with E-state index in [1.54, 1.807) is 6.92 Å². The molecule has 0 aromatic heterocycles. The van der Waals surface area contributed by atoms with E-state index in [0.29, 0.717) is 17.5 Å². The summed E-state index contributed by atoms with van der Waals surface area (Å²) in [5.41, 5.74) is 1.31. The smallest absolute Gasteiger partial charge is 0.124 e. The van der Waals surface area contributed by atoms with Gasteiger partial charge in [0.1, 0.15) is 11.6 Å². The molecule has 0 saturated carbocycles. The maximum atomic E-state index is 13.1. The fraction of sp³-hybridized carbons (Fsp3) is 0.500. The first-order chi connectivity index (χ1) is 7.00. The third-order valence-electron chi connectivity index (χ3n) is 2.40. The van der Waals surface area contributed by atoms with Crippen molar-refractivity contribution in [2.24, 2.45) is 0 Å². The molecule has 0 aliphatic rings. The number of benzene rings is 1. The number of aryl methyl sites for hydroxylation is 2. The fourth-order valence-corrected chi connectivity index (χ4v) is 1.58. The molecule has 1 N–H and O–H groups in total. The van der Waals surface area contributed by atoms with Gasteiger partial charge in [0, 0.05) is 0 Å². The summed E-state index contributed by atoms with van der Waals surface area (Å²) in [5.74, 6) is -0.0414. The average Bonchev–Trinajstić information content (AvgIpc) is 2.12. The number of halogens is 1. The SMILES string of the molecule is Cc1cc(F)cc(CCCN(C)C)c1O. The maximum Gasteiger partial charge on any atom is 0.124 e. The standard InChI is InChI=1S/C12H18FNO/c1-9-7-11(13)8-10(12(9)15)5-4-6-14(2)3/h7-8,15H,4-6H2,1-3H3. The molecule has 3 heteroatoms. The van der Waals surface area contributed by atoms with Gasteiger partial charge in [0.05, 0.1) is 0 Å². The number of phenolic OH excluding ortho intramolecular Hbond substituents is 1. The zero-order valence-corrected chi connectivity index (χ0v) is 9.55. The van der Waals surface area contributed by atoms with Crippen molar-refractivity contribution in [2.45, 2.75) is 19.8 Å². The number of aromatic hydroxyl groups is 1. The Balaban J connectivity index is 2.68. The minimum atomic E-state index is -0.273. The Hall–Kier alpha value is -1.09. The summed E-state index contributed by atoms with van der Waals surface area (Å²) in [5, 5.41) is 9.71. The van der Waals surface area contributed by atoms with Gasteiger partial charge in [-0.15, -0.1) is 0 Å². The van der Waals surface area contributed by atoms with Crippen molar-refractivity contribution in [2.75, 3.05) is 20.6 Å². The summed E-state index contributed by atoms with van der Waals surface area (Å²) in [6, 6.07) is 2.77. The van der Waals surface area contributed by atoms with Gasteiger partial charge in [-0.3, -0.25) is 0 Å². The van der Waals surface area contributed by atoms with Crippen LogP contribution in [0.25, 0.3) is 0 Å². The molecule has 0 amide bonds. The Labute approximate surface area is 90.3 Å². The molecule has 0 atom stereocenters. The largest absolute Gasteiger partial charge is 0.507 e. The third kappa shape index (κ3) is 3.51. The molecule has 2 nitrogen and oxygen atoms in total. The molecular formula is C12H18FNO. The molecule has 1 aromatic carbocycles. The van der Waals surface area contributed by atoms with Crippen molar-refractivity contribution in [1.29, 1.82) is 0 Å². The minimum Gasteiger partial charge on any atom is -0.507 e. The highest BCUT2D eigenvalue weighted by atomic mass is 19.1. The van der Waals surface area contributed by atoms with Crippen LogP contribution in [0.4, 0.5) is 4.39 Å². The molecule has 1 rings (SSSR count). The van der Waals surface area contributed by atoms with Crippen LogP contribution in [0.2, 0.25) is 0 Å². The maximum absolute atomic E-state index is 13.1. The lowest BCUT2D eigenvalue weighted by molar-refractivity contribution is 0.397. The van der Waals surface area contributed by atoms with Gasteiger partial charge >= 0.3 is 0 Å². The predicted octanol–water partition coefficient (Wildman–Crippen LogP) is 2.33. The van der Waals surface area contributed by atoms with E-state index in [1.807, 2.05) is 14.1 Å². The van der Waals surface area contributed by atoms with Crippen LogP contribution in [0.5, 0.6) is 5.75 Å². The number of nitrogens with zero attached hydrogens (tertiary/aromatic N) is 1. The average molecular weight is 211 g/mol. The molecule has 84 valence electrons. The molecule has 1 aromatic rings. The Morgan fingerprint density at radius 1 is 1.33 bits per heavy atom. The van der Waals surface area contributed by atoms with Crippen molar-refractivity contribution in [3.63, 3.8) is 0 Å².